The minimum Gasteiger partial charge on any atom is -0.310 e. The molecule has 2 nitrogen and oxygen atoms in total. The molecule has 4 heteroatoms. The van der Waals surface area contributed by atoms with Crippen molar-refractivity contribution in [3.05, 3.63) is 35.4 Å². The molecule has 118 valence electrons. The smallest absolute Gasteiger partial charge is 0.126 e. The van der Waals surface area contributed by atoms with Crippen molar-refractivity contribution in [2.45, 2.75) is 51.6 Å². The van der Waals surface area contributed by atoms with E-state index in [0.29, 0.717) is 5.56 Å². The van der Waals surface area contributed by atoms with E-state index in [4.69, 9.17) is 0 Å². The Morgan fingerprint density at radius 3 is 2.38 bits per heavy atom. The van der Waals surface area contributed by atoms with Crippen LogP contribution in [0.1, 0.15) is 51.1 Å². The van der Waals surface area contributed by atoms with Crippen molar-refractivity contribution in [3.63, 3.8) is 0 Å². The molecule has 1 aromatic carbocycles. The van der Waals surface area contributed by atoms with Crippen LogP contribution in [-0.4, -0.2) is 30.6 Å². The number of rotatable bonds is 9. The second-order valence-corrected chi connectivity index (χ2v) is 5.86. The van der Waals surface area contributed by atoms with Crippen LogP contribution in [0.25, 0.3) is 0 Å². The predicted octanol–water partition coefficient (Wildman–Crippen LogP) is 3.88. The first-order valence-corrected chi connectivity index (χ1v) is 8.07. The molecule has 0 saturated heterocycles. The quantitative estimate of drug-likeness (QED) is 0.744. The molecule has 1 aliphatic rings. The first-order chi connectivity index (χ1) is 10.1. The van der Waals surface area contributed by atoms with Gasteiger partial charge in [-0.25, -0.2) is 8.78 Å². The Morgan fingerprint density at radius 2 is 1.86 bits per heavy atom. The molecule has 1 N–H and O–H groups in total. The molecule has 0 heterocycles. The van der Waals surface area contributed by atoms with Gasteiger partial charge in [-0.15, -0.1) is 0 Å². The minimum absolute atomic E-state index is 0.0166. The van der Waals surface area contributed by atoms with Gasteiger partial charge in [-0.2, -0.15) is 0 Å². The first-order valence-electron chi connectivity index (χ1n) is 8.07. The van der Waals surface area contributed by atoms with Gasteiger partial charge < -0.3 is 10.2 Å². The third-order valence-corrected chi connectivity index (χ3v) is 4.10. The van der Waals surface area contributed by atoms with Gasteiger partial charge in [0.2, 0.25) is 0 Å². The first kappa shape index (κ1) is 16.4. The van der Waals surface area contributed by atoms with Gasteiger partial charge in [0.25, 0.3) is 0 Å². The maximum atomic E-state index is 13.4. The highest BCUT2D eigenvalue weighted by molar-refractivity contribution is 5.21. The highest BCUT2D eigenvalue weighted by Crippen LogP contribution is 2.28. The van der Waals surface area contributed by atoms with Gasteiger partial charge in [0.15, 0.2) is 0 Å². The van der Waals surface area contributed by atoms with Gasteiger partial charge in [-0.3, -0.25) is 0 Å². The summed E-state index contributed by atoms with van der Waals surface area (Å²) in [6.07, 6.45) is 4.46. The second kappa shape index (κ2) is 7.85. The lowest BCUT2D eigenvalue weighted by atomic mass is 10.0. The summed E-state index contributed by atoms with van der Waals surface area (Å²) in [5.74, 6) is -0.995. The van der Waals surface area contributed by atoms with E-state index in [1.54, 1.807) is 0 Å². The zero-order chi connectivity index (χ0) is 15.2. The summed E-state index contributed by atoms with van der Waals surface area (Å²) in [6.45, 7) is 7.15. The van der Waals surface area contributed by atoms with Crippen LogP contribution in [0, 0.1) is 11.6 Å². The number of halogens is 2. The van der Waals surface area contributed by atoms with E-state index < -0.39 is 11.6 Å². The Labute approximate surface area is 126 Å². The Balaban J connectivity index is 2.02. The monoisotopic (exact) mass is 296 g/mol. The summed E-state index contributed by atoms with van der Waals surface area (Å²) in [5.41, 5.74) is 0.716. The van der Waals surface area contributed by atoms with Gasteiger partial charge >= 0.3 is 0 Å². The van der Waals surface area contributed by atoms with Crippen LogP contribution in [-0.2, 0) is 0 Å². The summed E-state index contributed by atoms with van der Waals surface area (Å²) in [5, 5.41) is 3.42. The van der Waals surface area contributed by atoms with Crippen LogP contribution in [0.15, 0.2) is 18.2 Å². The third kappa shape index (κ3) is 5.04. The largest absolute Gasteiger partial charge is 0.310 e. The molecule has 0 aromatic heterocycles. The summed E-state index contributed by atoms with van der Waals surface area (Å²) in [7, 11) is 0. The summed E-state index contributed by atoms with van der Waals surface area (Å²) < 4.78 is 26.9. The molecular weight excluding hydrogens is 270 g/mol. The number of hydrogen-bond donors (Lipinski definition) is 1. The Kier molecular flexibility index (Phi) is 6.12. The zero-order valence-corrected chi connectivity index (χ0v) is 13.0. The van der Waals surface area contributed by atoms with Crippen molar-refractivity contribution >= 4 is 0 Å². The SMILES string of the molecule is CCCNC(CCN(CC)C1CC1)c1cc(F)cc(F)c1. The summed E-state index contributed by atoms with van der Waals surface area (Å²) in [4.78, 5) is 2.47. The number of nitrogens with one attached hydrogen (secondary N) is 1. The fraction of sp³-hybridized carbons (Fsp3) is 0.647. The molecule has 1 saturated carbocycles. The van der Waals surface area contributed by atoms with Gasteiger partial charge in [0.05, 0.1) is 0 Å². The van der Waals surface area contributed by atoms with Crippen LogP contribution in [0.4, 0.5) is 8.78 Å². The maximum absolute atomic E-state index is 13.4. The Morgan fingerprint density at radius 1 is 1.19 bits per heavy atom. The van der Waals surface area contributed by atoms with E-state index >= 15 is 0 Å². The molecule has 0 amide bonds. The number of benzene rings is 1. The van der Waals surface area contributed by atoms with Crippen molar-refractivity contribution in [2.75, 3.05) is 19.6 Å². The molecule has 1 unspecified atom stereocenters. The minimum atomic E-state index is -0.497. The molecule has 2 rings (SSSR count). The van der Waals surface area contributed by atoms with Gasteiger partial charge in [0, 0.05) is 24.7 Å². The molecule has 1 aliphatic carbocycles. The highest BCUT2D eigenvalue weighted by atomic mass is 19.1. The Hall–Kier alpha value is -1.00. The van der Waals surface area contributed by atoms with Crippen molar-refractivity contribution in [1.82, 2.24) is 10.2 Å². The molecule has 21 heavy (non-hydrogen) atoms. The van der Waals surface area contributed by atoms with Crippen molar-refractivity contribution < 1.29 is 8.78 Å². The zero-order valence-electron chi connectivity index (χ0n) is 13.0. The fourth-order valence-corrected chi connectivity index (χ4v) is 2.81. The summed E-state index contributed by atoms with van der Waals surface area (Å²) >= 11 is 0. The van der Waals surface area contributed by atoms with E-state index in [-0.39, 0.29) is 6.04 Å². The fourth-order valence-electron chi connectivity index (χ4n) is 2.81. The standard InChI is InChI=1S/C17H26F2N2/c1-3-8-20-17(7-9-21(4-2)16-5-6-16)13-10-14(18)12-15(19)11-13/h10-12,16-17,20H,3-9H2,1-2H3. The van der Waals surface area contributed by atoms with Crippen LogP contribution < -0.4 is 5.32 Å². The van der Waals surface area contributed by atoms with Crippen LogP contribution >= 0.6 is 0 Å². The van der Waals surface area contributed by atoms with Crippen LogP contribution in [0.3, 0.4) is 0 Å². The van der Waals surface area contributed by atoms with E-state index in [2.05, 4.69) is 24.1 Å². The lowest BCUT2D eigenvalue weighted by molar-refractivity contribution is 0.259. The van der Waals surface area contributed by atoms with Gasteiger partial charge in [0.1, 0.15) is 11.6 Å². The maximum Gasteiger partial charge on any atom is 0.126 e. The summed E-state index contributed by atoms with van der Waals surface area (Å²) in [6, 6.07) is 4.57. The van der Waals surface area contributed by atoms with E-state index in [0.717, 1.165) is 44.6 Å². The van der Waals surface area contributed by atoms with Crippen molar-refractivity contribution in [2.24, 2.45) is 0 Å². The average Bonchev–Trinajstić information content (AvgIpc) is 3.26. The van der Waals surface area contributed by atoms with E-state index in [9.17, 15) is 8.78 Å². The molecular formula is C17H26F2N2. The lowest BCUT2D eigenvalue weighted by Gasteiger charge is -2.25. The average molecular weight is 296 g/mol. The number of nitrogens with zero attached hydrogens (tertiary/aromatic N) is 1. The van der Waals surface area contributed by atoms with Crippen molar-refractivity contribution in [1.29, 1.82) is 0 Å². The van der Waals surface area contributed by atoms with E-state index in [1.807, 2.05) is 0 Å². The predicted molar refractivity (Wildman–Crippen MR) is 82.3 cm³/mol. The topological polar surface area (TPSA) is 15.3 Å². The molecule has 1 fully saturated rings. The third-order valence-electron chi connectivity index (χ3n) is 4.10. The molecule has 0 spiro atoms. The molecule has 1 atom stereocenters. The molecule has 1 aromatic rings. The van der Waals surface area contributed by atoms with Crippen LogP contribution in [0.5, 0.6) is 0 Å². The second-order valence-electron chi connectivity index (χ2n) is 5.86. The van der Waals surface area contributed by atoms with Gasteiger partial charge in [-0.1, -0.05) is 13.8 Å². The molecule has 0 aliphatic heterocycles. The number of hydrogen-bond acceptors (Lipinski definition) is 2. The lowest BCUT2D eigenvalue weighted by Crippen LogP contribution is -2.31. The molecule has 0 bridgehead atoms. The van der Waals surface area contributed by atoms with Gasteiger partial charge in [-0.05, 0) is 56.5 Å². The van der Waals surface area contributed by atoms with E-state index in [1.165, 1.54) is 25.0 Å². The molecule has 0 radical (unpaired) electrons. The van der Waals surface area contributed by atoms with Crippen molar-refractivity contribution in [3.8, 4) is 0 Å². The normalized spacial score (nSPS) is 16.4. The Bertz CT molecular complexity index is 426. The van der Waals surface area contributed by atoms with Crippen LogP contribution in [0.2, 0.25) is 0 Å². The highest BCUT2D eigenvalue weighted by Gasteiger charge is 2.28.